The highest BCUT2D eigenvalue weighted by atomic mass is 32.2. The first-order valence-corrected chi connectivity index (χ1v) is 12.0. The number of carbonyl (C=O) groups is 1. The van der Waals surface area contributed by atoms with Gasteiger partial charge in [-0.1, -0.05) is 42.1 Å². The lowest BCUT2D eigenvalue weighted by atomic mass is 10.2. The molecule has 35 heavy (non-hydrogen) atoms. The molecular formula is C26H24N4O4S. The number of anilines is 1. The fraction of sp³-hybridized carbons (Fsp3) is 0.192. The maximum absolute atomic E-state index is 13.0. The number of methoxy groups -OCH3 is 1. The average molecular weight is 489 g/mol. The molecule has 2 heterocycles. The van der Waals surface area contributed by atoms with E-state index in [-0.39, 0.29) is 5.91 Å². The molecule has 0 saturated carbocycles. The van der Waals surface area contributed by atoms with Crippen LogP contribution in [0.1, 0.15) is 6.92 Å². The van der Waals surface area contributed by atoms with Gasteiger partial charge >= 0.3 is 0 Å². The first-order valence-electron chi connectivity index (χ1n) is 11.1. The standard InChI is InChI=1S/C26H24N4O4S/c1-17(25(31)27-19-11-12-22-23(16-19)34-14-13-33-22)35-26-29-28-24(18-7-6-10-21(15-18)32-2)30(26)20-8-4-3-5-9-20/h3-12,15-17H,13-14H2,1-2H3,(H,27,31). The van der Waals surface area contributed by atoms with Crippen molar-refractivity contribution in [2.24, 2.45) is 0 Å². The molecule has 1 amide bonds. The second-order valence-electron chi connectivity index (χ2n) is 7.82. The van der Waals surface area contributed by atoms with Gasteiger partial charge in [0.2, 0.25) is 5.91 Å². The van der Waals surface area contributed by atoms with Crippen LogP contribution >= 0.6 is 11.8 Å². The number of hydrogen-bond donors (Lipinski definition) is 1. The Morgan fingerprint density at radius 1 is 1.00 bits per heavy atom. The predicted molar refractivity (Wildman–Crippen MR) is 135 cm³/mol. The van der Waals surface area contributed by atoms with E-state index in [1.165, 1.54) is 11.8 Å². The van der Waals surface area contributed by atoms with Gasteiger partial charge in [0, 0.05) is 23.0 Å². The minimum Gasteiger partial charge on any atom is -0.497 e. The summed E-state index contributed by atoms with van der Waals surface area (Å²) in [6.07, 6.45) is 0. The summed E-state index contributed by atoms with van der Waals surface area (Å²) in [6.45, 7) is 2.85. The van der Waals surface area contributed by atoms with Crippen LogP contribution in [-0.2, 0) is 4.79 Å². The molecule has 1 aliphatic heterocycles. The predicted octanol–water partition coefficient (Wildman–Crippen LogP) is 4.83. The van der Waals surface area contributed by atoms with Crippen molar-refractivity contribution in [2.75, 3.05) is 25.6 Å². The summed E-state index contributed by atoms with van der Waals surface area (Å²) in [7, 11) is 1.63. The van der Waals surface area contributed by atoms with Gasteiger partial charge in [0.15, 0.2) is 22.5 Å². The minimum absolute atomic E-state index is 0.155. The van der Waals surface area contributed by atoms with E-state index in [0.717, 1.165) is 17.0 Å². The molecule has 0 bridgehead atoms. The number of amides is 1. The number of benzene rings is 3. The summed E-state index contributed by atoms with van der Waals surface area (Å²) in [6, 6.07) is 22.9. The molecular weight excluding hydrogens is 464 g/mol. The molecule has 3 aromatic carbocycles. The SMILES string of the molecule is COc1cccc(-c2nnc(SC(C)C(=O)Nc3ccc4c(c3)OCCO4)n2-c2ccccc2)c1. The van der Waals surface area contributed by atoms with Crippen LogP contribution in [-0.4, -0.2) is 46.2 Å². The summed E-state index contributed by atoms with van der Waals surface area (Å²) in [5.74, 6) is 2.54. The maximum atomic E-state index is 13.0. The van der Waals surface area contributed by atoms with Gasteiger partial charge in [-0.3, -0.25) is 9.36 Å². The number of para-hydroxylation sites is 1. The van der Waals surface area contributed by atoms with E-state index >= 15 is 0 Å². The van der Waals surface area contributed by atoms with Crippen LogP contribution in [0.2, 0.25) is 0 Å². The van der Waals surface area contributed by atoms with Gasteiger partial charge in [-0.15, -0.1) is 10.2 Å². The zero-order chi connectivity index (χ0) is 24.2. The lowest BCUT2D eigenvalue weighted by molar-refractivity contribution is -0.115. The van der Waals surface area contributed by atoms with Gasteiger partial charge in [-0.25, -0.2) is 0 Å². The average Bonchev–Trinajstić information content (AvgIpc) is 3.32. The van der Waals surface area contributed by atoms with Crippen LogP contribution in [0.15, 0.2) is 78.0 Å². The van der Waals surface area contributed by atoms with Crippen molar-refractivity contribution < 1.29 is 19.0 Å². The second kappa shape index (κ2) is 10.1. The monoisotopic (exact) mass is 488 g/mol. The Kier molecular flexibility index (Phi) is 6.58. The molecule has 0 saturated heterocycles. The van der Waals surface area contributed by atoms with Crippen molar-refractivity contribution in [3.8, 4) is 34.3 Å². The number of fused-ring (bicyclic) bond motifs is 1. The van der Waals surface area contributed by atoms with Crippen molar-refractivity contribution >= 4 is 23.4 Å². The highest BCUT2D eigenvalue weighted by Gasteiger charge is 2.23. The number of nitrogens with one attached hydrogen (secondary N) is 1. The number of aromatic nitrogens is 3. The van der Waals surface area contributed by atoms with Gasteiger partial charge < -0.3 is 19.5 Å². The zero-order valence-electron chi connectivity index (χ0n) is 19.3. The number of nitrogens with zero attached hydrogens (tertiary/aromatic N) is 3. The largest absolute Gasteiger partial charge is 0.497 e. The van der Waals surface area contributed by atoms with E-state index < -0.39 is 5.25 Å². The van der Waals surface area contributed by atoms with Crippen LogP contribution in [0.3, 0.4) is 0 Å². The summed E-state index contributed by atoms with van der Waals surface area (Å²) in [5.41, 5.74) is 2.41. The first kappa shape index (κ1) is 22.8. The van der Waals surface area contributed by atoms with E-state index in [1.54, 1.807) is 25.3 Å². The van der Waals surface area contributed by atoms with E-state index in [1.807, 2.05) is 66.1 Å². The Morgan fingerprint density at radius 2 is 1.80 bits per heavy atom. The molecule has 4 aromatic rings. The number of carbonyl (C=O) groups excluding carboxylic acids is 1. The van der Waals surface area contributed by atoms with Crippen molar-refractivity contribution in [1.29, 1.82) is 0 Å². The van der Waals surface area contributed by atoms with Gasteiger partial charge in [-0.2, -0.15) is 0 Å². The van der Waals surface area contributed by atoms with Gasteiger partial charge in [0.05, 0.1) is 12.4 Å². The lowest BCUT2D eigenvalue weighted by Crippen LogP contribution is -2.23. The molecule has 178 valence electrons. The minimum atomic E-state index is -0.437. The van der Waals surface area contributed by atoms with Crippen molar-refractivity contribution in [3.63, 3.8) is 0 Å². The molecule has 1 aromatic heterocycles. The second-order valence-corrected chi connectivity index (χ2v) is 9.12. The Morgan fingerprint density at radius 3 is 2.60 bits per heavy atom. The summed E-state index contributed by atoms with van der Waals surface area (Å²) >= 11 is 1.34. The Labute approximate surface area is 207 Å². The maximum Gasteiger partial charge on any atom is 0.237 e. The Hall–Kier alpha value is -3.98. The summed E-state index contributed by atoms with van der Waals surface area (Å²) in [4.78, 5) is 13.0. The van der Waals surface area contributed by atoms with E-state index in [2.05, 4.69) is 15.5 Å². The number of rotatable bonds is 7. The fourth-order valence-corrected chi connectivity index (χ4v) is 4.55. The molecule has 1 atom stereocenters. The number of thioether (sulfide) groups is 1. The van der Waals surface area contributed by atoms with Crippen LogP contribution in [0.5, 0.6) is 17.2 Å². The first-order chi connectivity index (χ1) is 17.1. The molecule has 1 unspecified atom stereocenters. The molecule has 8 nitrogen and oxygen atoms in total. The summed E-state index contributed by atoms with van der Waals surface area (Å²) in [5, 5.41) is 12.0. The van der Waals surface area contributed by atoms with Gasteiger partial charge in [0.1, 0.15) is 19.0 Å². The Balaban J connectivity index is 1.40. The quantitative estimate of drug-likeness (QED) is 0.373. The van der Waals surface area contributed by atoms with Crippen LogP contribution in [0, 0.1) is 0 Å². The highest BCUT2D eigenvalue weighted by Crippen LogP contribution is 2.34. The topological polar surface area (TPSA) is 87.5 Å². The zero-order valence-corrected chi connectivity index (χ0v) is 20.1. The van der Waals surface area contributed by atoms with E-state index in [9.17, 15) is 4.79 Å². The van der Waals surface area contributed by atoms with Gasteiger partial charge in [-0.05, 0) is 43.3 Å². The number of hydrogen-bond acceptors (Lipinski definition) is 7. The molecule has 1 N–H and O–H groups in total. The number of ether oxygens (including phenoxy) is 3. The lowest BCUT2D eigenvalue weighted by Gasteiger charge is -2.19. The molecule has 0 fully saturated rings. The molecule has 0 spiro atoms. The third-order valence-corrected chi connectivity index (χ3v) is 6.48. The van der Waals surface area contributed by atoms with Crippen molar-refractivity contribution in [2.45, 2.75) is 17.3 Å². The molecule has 5 rings (SSSR count). The van der Waals surface area contributed by atoms with Crippen LogP contribution in [0.4, 0.5) is 5.69 Å². The van der Waals surface area contributed by atoms with E-state index in [4.69, 9.17) is 14.2 Å². The normalized spacial score (nSPS) is 13.2. The van der Waals surface area contributed by atoms with Crippen LogP contribution in [0.25, 0.3) is 17.1 Å². The smallest absolute Gasteiger partial charge is 0.237 e. The fourth-order valence-electron chi connectivity index (χ4n) is 3.68. The van der Waals surface area contributed by atoms with E-state index in [0.29, 0.717) is 41.4 Å². The summed E-state index contributed by atoms with van der Waals surface area (Å²) < 4.78 is 18.5. The molecule has 9 heteroatoms. The van der Waals surface area contributed by atoms with Crippen LogP contribution < -0.4 is 19.5 Å². The highest BCUT2D eigenvalue weighted by molar-refractivity contribution is 8.00. The van der Waals surface area contributed by atoms with Crippen molar-refractivity contribution in [1.82, 2.24) is 14.8 Å². The molecule has 0 aliphatic carbocycles. The molecule has 0 radical (unpaired) electrons. The third kappa shape index (κ3) is 4.95. The third-order valence-electron chi connectivity index (χ3n) is 5.44. The Bertz CT molecular complexity index is 1340. The molecule has 1 aliphatic rings. The van der Waals surface area contributed by atoms with Gasteiger partial charge in [0.25, 0.3) is 0 Å². The van der Waals surface area contributed by atoms with Crippen molar-refractivity contribution in [3.05, 3.63) is 72.8 Å².